The first-order valence-electron chi connectivity index (χ1n) is 7.30. The summed E-state index contributed by atoms with van der Waals surface area (Å²) >= 11 is 0. The molecule has 3 N–H and O–H groups in total. The molecule has 22 heavy (non-hydrogen) atoms. The van der Waals surface area contributed by atoms with Crippen LogP contribution in [0.4, 0.5) is 13.2 Å². The van der Waals surface area contributed by atoms with Gasteiger partial charge < -0.3 is 11.1 Å². The van der Waals surface area contributed by atoms with Crippen molar-refractivity contribution < 1.29 is 18.0 Å². The van der Waals surface area contributed by atoms with E-state index in [0.29, 0.717) is 12.1 Å². The van der Waals surface area contributed by atoms with Gasteiger partial charge in [0.15, 0.2) is 0 Å². The van der Waals surface area contributed by atoms with E-state index < -0.39 is 22.7 Å². The number of hydrogen-bond donors (Lipinski definition) is 2. The number of carbonyl (C=O) groups excluding carboxylic acids is 1. The van der Waals surface area contributed by atoms with Gasteiger partial charge in [-0.1, -0.05) is 24.6 Å². The van der Waals surface area contributed by atoms with E-state index in [1.807, 2.05) is 0 Å². The highest BCUT2D eigenvalue weighted by atomic mass is 19.4. The second-order valence-electron chi connectivity index (χ2n) is 6.62. The van der Waals surface area contributed by atoms with Crippen LogP contribution in [0.3, 0.4) is 0 Å². The lowest BCUT2D eigenvalue weighted by molar-refractivity contribution is -0.137. The number of nitrogens with two attached hydrogens (primary N) is 1. The predicted molar refractivity (Wildman–Crippen MR) is 78.2 cm³/mol. The van der Waals surface area contributed by atoms with Gasteiger partial charge >= 0.3 is 6.18 Å². The SMILES string of the molecule is CC(C)(N)C(=O)NCC1(c2cccc(C(F)(F)F)c2)CCC1. The number of amides is 1. The van der Waals surface area contributed by atoms with Crippen LogP contribution in [0.5, 0.6) is 0 Å². The molecular weight excluding hydrogens is 293 g/mol. The molecule has 0 saturated heterocycles. The molecule has 1 amide bonds. The summed E-state index contributed by atoms with van der Waals surface area (Å²) in [5.74, 6) is -0.300. The molecule has 1 saturated carbocycles. The largest absolute Gasteiger partial charge is 0.416 e. The molecule has 0 radical (unpaired) electrons. The number of hydrogen-bond acceptors (Lipinski definition) is 2. The molecule has 0 aromatic heterocycles. The third-order valence-electron chi connectivity index (χ3n) is 4.29. The highest BCUT2D eigenvalue weighted by Crippen LogP contribution is 2.44. The smallest absolute Gasteiger partial charge is 0.354 e. The van der Waals surface area contributed by atoms with Gasteiger partial charge in [0.2, 0.25) is 5.91 Å². The van der Waals surface area contributed by atoms with Crippen molar-refractivity contribution in [3.8, 4) is 0 Å². The third-order valence-corrected chi connectivity index (χ3v) is 4.29. The summed E-state index contributed by atoms with van der Waals surface area (Å²) in [5, 5.41) is 2.78. The summed E-state index contributed by atoms with van der Waals surface area (Å²) in [6.07, 6.45) is -1.89. The lowest BCUT2D eigenvalue weighted by Crippen LogP contribution is -2.54. The summed E-state index contributed by atoms with van der Waals surface area (Å²) < 4.78 is 38.6. The van der Waals surface area contributed by atoms with E-state index in [0.717, 1.165) is 25.3 Å². The first-order chi connectivity index (χ1) is 10.0. The van der Waals surface area contributed by atoms with Crippen molar-refractivity contribution in [2.75, 3.05) is 6.54 Å². The number of halogens is 3. The van der Waals surface area contributed by atoms with Gasteiger partial charge in [0, 0.05) is 12.0 Å². The molecule has 0 unspecified atom stereocenters. The van der Waals surface area contributed by atoms with E-state index in [4.69, 9.17) is 5.73 Å². The predicted octanol–water partition coefficient (Wildman–Crippen LogP) is 2.98. The van der Waals surface area contributed by atoms with Gasteiger partial charge in [-0.25, -0.2) is 0 Å². The van der Waals surface area contributed by atoms with E-state index in [1.165, 1.54) is 12.1 Å². The Morgan fingerprint density at radius 1 is 1.32 bits per heavy atom. The Kier molecular flexibility index (Phi) is 4.26. The van der Waals surface area contributed by atoms with Crippen LogP contribution in [0.2, 0.25) is 0 Å². The minimum absolute atomic E-state index is 0.300. The Balaban J connectivity index is 2.19. The molecular formula is C16H21F3N2O. The van der Waals surface area contributed by atoms with Crippen molar-refractivity contribution >= 4 is 5.91 Å². The molecule has 0 bridgehead atoms. The van der Waals surface area contributed by atoms with Gasteiger partial charge in [0.25, 0.3) is 0 Å². The van der Waals surface area contributed by atoms with E-state index in [-0.39, 0.29) is 5.91 Å². The number of carbonyl (C=O) groups is 1. The molecule has 1 aliphatic rings. The van der Waals surface area contributed by atoms with Crippen molar-refractivity contribution in [3.05, 3.63) is 35.4 Å². The van der Waals surface area contributed by atoms with Gasteiger partial charge in [0.05, 0.1) is 11.1 Å². The minimum atomic E-state index is -4.36. The number of benzene rings is 1. The van der Waals surface area contributed by atoms with E-state index in [9.17, 15) is 18.0 Å². The average molecular weight is 314 g/mol. The van der Waals surface area contributed by atoms with Gasteiger partial charge in [0.1, 0.15) is 0 Å². The Labute approximate surface area is 128 Å². The average Bonchev–Trinajstić information content (AvgIpc) is 2.35. The summed E-state index contributed by atoms with van der Waals surface area (Å²) in [7, 11) is 0. The van der Waals surface area contributed by atoms with E-state index in [1.54, 1.807) is 19.9 Å². The van der Waals surface area contributed by atoms with Gasteiger partial charge in [-0.2, -0.15) is 13.2 Å². The topological polar surface area (TPSA) is 55.1 Å². The zero-order valence-electron chi connectivity index (χ0n) is 12.8. The minimum Gasteiger partial charge on any atom is -0.354 e. The van der Waals surface area contributed by atoms with Crippen LogP contribution in [0, 0.1) is 0 Å². The molecule has 1 aromatic rings. The van der Waals surface area contributed by atoms with E-state index in [2.05, 4.69) is 5.32 Å². The van der Waals surface area contributed by atoms with Crippen LogP contribution >= 0.6 is 0 Å². The third kappa shape index (κ3) is 3.43. The molecule has 1 fully saturated rings. The number of nitrogens with one attached hydrogen (secondary N) is 1. The molecule has 0 heterocycles. The molecule has 1 aromatic carbocycles. The zero-order chi connectivity index (χ0) is 16.6. The maximum Gasteiger partial charge on any atom is 0.416 e. The zero-order valence-corrected chi connectivity index (χ0v) is 12.8. The molecule has 0 spiro atoms. The van der Waals surface area contributed by atoms with Crippen molar-refractivity contribution in [1.29, 1.82) is 0 Å². The lowest BCUT2D eigenvalue weighted by Gasteiger charge is -2.43. The Morgan fingerprint density at radius 3 is 2.41 bits per heavy atom. The highest BCUT2D eigenvalue weighted by molar-refractivity contribution is 5.85. The number of rotatable bonds is 4. The summed E-state index contributed by atoms with van der Waals surface area (Å²) in [5.41, 5.74) is 4.29. The van der Waals surface area contributed by atoms with Gasteiger partial charge in [-0.3, -0.25) is 4.79 Å². The van der Waals surface area contributed by atoms with Gasteiger partial charge in [-0.15, -0.1) is 0 Å². The van der Waals surface area contributed by atoms with Crippen molar-refractivity contribution in [2.24, 2.45) is 5.73 Å². The Morgan fingerprint density at radius 2 is 1.95 bits per heavy atom. The first-order valence-corrected chi connectivity index (χ1v) is 7.30. The molecule has 1 aliphatic carbocycles. The van der Waals surface area contributed by atoms with Crippen LogP contribution in [0.25, 0.3) is 0 Å². The summed E-state index contributed by atoms with van der Waals surface area (Å²) in [6, 6.07) is 5.39. The number of alkyl halides is 3. The second kappa shape index (κ2) is 5.57. The normalized spacial score (nSPS) is 17.7. The van der Waals surface area contributed by atoms with Crippen molar-refractivity contribution in [1.82, 2.24) is 5.32 Å². The van der Waals surface area contributed by atoms with Crippen molar-refractivity contribution in [2.45, 2.75) is 50.2 Å². The van der Waals surface area contributed by atoms with Crippen molar-refractivity contribution in [3.63, 3.8) is 0 Å². The van der Waals surface area contributed by atoms with E-state index >= 15 is 0 Å². The Bertz CT molecular complexity index is 557. The first kappa shape index (κ1) is 16.8. The van der Waals surface area contributed by atoms with Crippen LogP contribution in [-0.2, 0) is 16.4 Å². The molecule has 122 valence electrons. The van der Waals surface area contributed by atoms with Crippen LogP contribution in [0.1, 0.15) is 44.2 Å². The fraction of sp³-hybridized carbons (Fsp3) is 0.562. The maximum atomic E-state index is 12.9. The molecule has 0 aliphatic heterocycles. The van der Waals surface area contributed by atoms with Crippen LogP contribution in [-0.4, -0.2) is 18.0 Å². The van der Waals surface area contributed by atoms with Crippen LogP contribution < -0.4 is 11.1 Å². The molecule has 3 nitrogen and oxygen atoms in total. The highest BCUT2D eigenvalue weighted by Gasteiger charge is 2.41. The standard InChI is InChI=1S/C16H21F3N2O/c1-14(2,20)13(22)21-10-15(7-4-8-15)11-5-3-6-12(9-11)16(17,18)19/h3,5-6,9H,4,7-8,10,20H2,1-2H3,(H,21,22). The second-order valence-corrected chi connectivity index (χ2v) is 6.62. The maximum absolute atomic E-state index is 12.9. The molecule has 2 rings (SSSR count). The lowest BCUT2D eigenvalue weighted by atomic mass is 9.64. The van der Waals surface area contributed by atoms with Gasteiger partial charge in [-0.05, 0) is 38.3 Å². The fourth-order valence-corrected chi connectivity index (χ4v) is 2.67. The quantitative estimate of drug-likeness (QED) is 0.897. The molecule has 6 heteroatoms. The van der Waals surface area contributed by atoms with Crippen LogP contribution in [0.15, 0.2) is 24.3 Å². The molecule has 0 atom stereocenters. The monoisotopic (exact) mass is 314 g/mol. The summed E-state index contributed by atoms with van der Waals surface area (Å²) in [6.45, 7) is 3.51. The fourth-order valence-electron chi connectivity index (χ4n) is 2.67. The summed E-state index contributed by atoms with van der Waals surface area (Å²) in [4.78, 5) is 11.9. The Hall–Kier alpha value is -1.56.